The molecule has 2 aromatic rings. The third-order valence-corrected chi connectivity index (χ3v) is 4.65. The van der Waals surface area contributed by atoms with Crippen LogP contribution in [0.1, 0.15) is 5.56 Å². The van der Waals surface area contributed by atoms with Crippen molar-refractivity contribution in [3.05, 3.63) is 58.1 Å². The van der Waals surface area contributed by atoms with E-state index < -0.39 is 10.7 Å². The normalized spacial score (nSPS) is 14.0. The van der Waals surface area contributed by atoms with Crippen LogP contribution in [0.4, 0.5) is 11.4 Å². The van der Waals surface area contributed by atoms with Gasteiger partial charge in [-0.25, -0.2) is 0 Å². The van der Waals surface area contributed by atoms with E-state index in [1.54, 1.807) is 30.3 Å². The summed E-state index contributed by atoms with van der Waals surface area (Å²) in [7, 11) is 0. The fourth-order valence-corrected chi connectivity index (χ4v) is 3.16. The average Bonchev–Trinajstić information content (AvgIpc) is 3.04. The maximum atomic E-state index is 11.5. The maximum absolute atomic E-state index is 11.5. The molecule has 4 nitrogen and oxygen atoms in total. The number of carbonyl (C=O) groups excluding carboxylic acids is 1. The molecule has 1 amide bonds. The summed E-state index contributed by atoms with van der Waals surface area (Å²) in [6, 6.07) is 12.5. The van der Waals surface area contributed by atoms with Crippen LogP contribution in [0.5, 0.6) is 0 Å². The van der Waals surface area contributed by atoms with Crippen molar-refractivity contribution in [1.29, 1.82) is 0 Å². The topological polar surface area (TPSA) is 41.3 Å². The predicted octanol–water partition coefficient (Wildman–Crippen LogP) is 4.86. The highest BCUT2D eigenvalue weighted by atomic mass is 35.5. The van der Waals surface area contributed by atoms with E-state index in [1.165, 1.54) is 0 Å². The summed E-state index contributed by atoms with van der Waals surface area (Å²) in [6.45, 7) is 1.18. The first-order chi connectivity index (χ1) is 12.0. The van der Waals surface area contributed by atoms with Gasteiger partial charge in [-0.2, -0.15) is 4.58 Å². The third-order valence-electron chi connectivity index (χ3n) is 3.62. The van der Waals surface area contributed by atoms with E-state index in [1.807, 2.05) is 16.7 Å². The molecule has 0 fully saturated rings. The fourth-order valence-electron chi connectivity index (χ4n) is 2.49. The van der Waals surface area contributed by atoms with Gasteiger partial charge >= 0.3 is 5.90 Å². The summed E-state index contributed by atoms with van der Waals surface area (Å²) in [4.78, 5) is 10.4. The van der Waals surface area contributed by atoms with Crippen molar-refractivity contribution in [1.82, 2.24) is 0 Å². The Balaban J connectivity index is 1.93. The average molecular weight is 419 g/mol. The zero-order chi connectivity index (χ0) is 18.0. The van der Waals surface area contributed by atoms with E-state index in [2.05, 4.69) is 5.32 Å². The van der Waals surface area contributed by atoms with Crippen molar-refractivity contribution in [3.8, 4) is 0 Å². The Morgan fingerprint density at radius 2 is 1.72 bits per heavy atom. The van der Waals surface area contributed by atoms with E-state index >= 15 is 0 Å². The maximum Gasteiger partial charge on any atom is 0.379 e. The SMILES string of the molecule is O=C(Nc1ccc([N+]2=C(c3c(Cl)cccc3Cl)OCC2)cc1)C(Cl)Cl. The molecule has 0 bridgehead atoms. The van der Waals surface area contributed by atoms with Crippen LogP contribution in [0.3, 0.4) is 0 Å². The van der Waals surface area contributed by atoms with Gasteiger partial charge in [0.05, 0.1) is 10.0 Å². The van der Waals surface area contributed by atoms with E-state index in [-0.39, 0.29) is 0 Å². The predicted molar refractivity (Wildman–Crippen MR) is 102 cm³/mol. The molecule has 2 aromatic carbocycles. The van der Waals surface area contributed by atoms with Crippen LogP contribution in [-0.2, 0) is 9.53 Å². The highest BCUT2D eigenvalue weighted by Crippen LogP contribution is 2.29. The Morgan fingerprint density at radius 1 is 1.08 bits per heavy atom. The number of ether oxygens (including phenoxy) is 1. The lowest BCUT2D eigenvalue weighted by molar-refractivity contribution is -0.428. The molecule has 0 atom stereocenters. The van der Waals surface area contributed by atoms with E-state index in [0.29, 0.717) is 40.3 Å². The largest absolute Gasteiger partial charge is 0.437 e. The van der Waals surface area contributed by atoms with Gasteiger partial charge in [-0.1, -0.05) is 52.5 Å². The van der Waals surface area contributed by atoms with Crippen LogP contribution in [-0.4, -0.2) is 34.4 Å². The number of rotatable bonds is 4. The highest BCUT2D eigenvalue weighted by molar-refractivity contribution is 6.54. The van der Waals surface area contributed by atoms with Crippen molar-refractivity contribution in [2.75, 3.05) is 18.5 Å². The smallest absolute Gasteiger partial charge is 0.379 e. The van der Waals surface area contributed by atoms with Crippen LogP contribution >= 0.6 is 46.4 Å². The second-order valence-corrected chi connectivity index (χ2v) is 7.15. The van der Waals surface area contributed by atoms with Gasteiger partial charge in [0.15, 0.2) is 18.0 Å². The number of nitrogens with zero attached hydrogens (tertiary/aromatic N) is 1. The molecule has 130 valence electrons. The first-order valence-electron chi connectivity index (χ1n) is 7.38. The fraction of sp³-hybridized carbons (Fsp3) is 0.176. The molecule has 0 aromatic heterocycles. The second-order valence-electron chi connectivity index (χ2n) is 5.24. The molecule has 1 heterocycles. The summed E-state index contributed by atoms with van der Waals surface area (Å²) in [5.41, 5.74) is 2.14. The van der Waals surface area contributed by atoms with E-state index in [4.69, 9.17) is 51.1 Å². The molecule has 0 unspecified atom stereocenters. The summed E-state index contributed by atoms with van der Waals surface area (Å²) in [5, 5.41) is 3.66. The molecule has 0 saturated heterocycles. The minimum Gasteiger partial charge on any atom is -0.437 e. The number of amides is 1. The minimum atomic E-state index is -1.12. The molecule has 1 N–H and O–H groups in total. The lowest BCUT2D eigenvalue weighted by Gasteiger charge is -2.07. The number of nitrogens with one attached hydrogen (secondary N) is 1. The molecule has 1 aliphatic heterocycles. The number of anilines is 1. The Labute approximate surface area is 164 Å². The van der Waals surface area contributed by atoms with Crippen molar-refractivity contribution in [2.45, 2.75) is 4.84 Å². The number of hydrogen-bond acceptors (Lipinski definition) is 2. The molecule has 0 saturated carbocycles. The van der Waals surface area contributed by atoms with Gasteiger partial charge in [0.2, 0.25) is 5.69 Å². The Morgan fingerprint density at radius 3 is 2.32 bits per heavy atom. The van der Waals surface area contributed by atoms with Crippen LogP contribution in [0.2, 0.25) is 10.0 Å². The number of alkyl halides is 2. The van der Waals surface area contributed by atoms with Crippen LogP contribution in [0.25, 0.3) is 0 Å². The lowest BCUT2D eigenvalue weighted by Crippen LogP contribution is -2.18. The molecule has 25 heavy (non-hydrogen) atoms. The third kappa shape index (κ3) is 4.04. The van der Waals surface area contributed by atoms with Gasteiger partial charge < -0.3 is 10.1 Å². The summed E-state index contributed by atoms with van der Waals surface area (Å²) < 4.78 is 7.74. The number of carbonyl (C=O) groups is 1. The van der Waals surface area contributed by atoms with Crippen molar-refractivity contribution in [3.63, 3.8) is 0 Å². The molecule has 0 spiro atoms. The van der Waals surface area contributed by atoms with E-state index in [9.17, 15) is 4.79 Å². The second kappa shape index (κ2) is 7.83. The van der Waals surface area contributed by atoms with Gasteiger partial charge in [-0.3, -0.25) is 4.79 Å². The Hall–Kier alpha value is -1.46. The summed E-state index contributed by atoms with van der Waals surface area (Å²) in [5.74, 6) is 0.129. The van der Waals surface area contributed by atoms with E-state index in [0.717, 1.165) is 5.69 Å². The zero-order valence-electron chi connectivity index (χ0n) is 12.8. The van der Waals surface area contributed by atoms with Gasteiger partial charge in [0.25, 0.3) is 5.91 Å². The van der Waals surface area contributed by atoms with Gasteiger partial charge in [0, 0.05) is 17.8 Å². The molecule has 8 heteroatoms. The number of hydrogen-bond donors (Lipinski definition) is 1. The molecule has 0 radical (unpaired) electrons. The molecule has 0 aliphatic carbocycles. The van der Waals surface area contributed by atoms with Crippen LogP contribution in [0.15, 0.2) is 42.5 Å². The summed E-state index contributed by atoms with van der Waals surface area (Å²) >= 11 is 23.6. The lowest BCUT2D eigenvalue weighted by atomic mass is 10.2. The Bertz CT molecular complexity index is 815. The van der Waals surface area contributed by atoms with Crippen molar-refractivity contribution >= 4 is 69.6 Å². The summed E-state index contributed by atoms with van der Waals surface area (Å²) in [6.07, 6.45) is 0. The zero-order valence-corrected chi connectivity index (χ0v) is 15.8. The Kier molecular flexibility index (Phi) is 5.74. The van der Waals surface area contributed by atoms with Crippen LogP contribution < -0.4 is 5.32 Å². The van der Waals surface area contributed by atoms with Gasteiger partial charge in [-0.05, 0) is 24.3 Å². The van der Waals surface area contributed by atoms with Gasteiger partial charge in [-0.15, -0.1) is 0 Å². The number of halogens is 4. The minimum absolute atomic E-state index is 0.476. The standard InChI is InChI=1S/C17H12Cl4N2O2/c18-12-2-1-3-13(19)14(12)17-23(8-9-25-17)11-6-4-10(5-7-11)22-16(24)15(20)21/h1-7,15H,8-9H2/p+1. The molecular weight excluding hydrogens is 406 g/mol. The molecular formula is C17H13Cl4N2O2+. The molecule has 1 aliphatic rings. The molecule has 3 rings (SSSR count). The first-order valence-corrected chi connectivity index (χ1v) is 9.01. The van der Waals surface area contributed by atoms with Gasteiger partial charge in [0.1, 0.15) is 5.56 Å². The first kappa shape index (κ1) is 18.3. The van der Waals surface area contributed by atoms with Crippen molar-refractivity contribution in [2.24, 2.45) is 0 Å². The van der Waals surface area contributed by atoms with Crippen molar-refractivity contribution < 1.29 is 14.1 Å². The highest BCUT2D eigenvalue weighted by Gasteiger charge is 2.31. The van der Waals surface area contributed by atoms with Crippen LogP contribution in [0, 0.1) is 0 Å². The number of benzene rings is 2. The quantitative estimate of drug-likeness (QED) is 0.569. The monoisotopic (exact) mass is 417 g/mol.